The second-order valence-electron chi connectivity index (χ2n) is 7.70. The van der Waals surface area contributed by atoms with Gasteiger partial charge in [-0.3, -0.25) is 14.2 Å². The van der Waals surface area contributed by atoms with Crippen LogP contribution < -0.4 is 14.9 Å². The number of carbonyl (C=O) groups is 1. The highest BCUT2D eigenvalue weighted by atomic mass is 32.2. The van der Waals surface area contributed by atoms with Crippen molar-refractivity contribution in [1.29, 1.82) is 0 Å². The summed E-state index contributed by atoms with van der Waals surface area (Å²) in [4.78, 5) is 27.5. The zero-order valence-electron chi connectivity index (χ0n) is 17.9. The number of amides is 1. The van der Waals surface area contributed by atoms with Crippen LogP contribution in [0.15, 0.2) is 94.7 Å². The molecule has 1 N–H and O–H groups in total. The van der Waals surface area contributed by atoms with Gasteiger partial charge in [0.25, 0.3) is 0 Å². The molecule has 2 heterocycles. The summed E-state index contributed by atoms with van der Waals surface area (Å²) in [5.41, 5.74) is 2.50. The summed E-state index contributed by atoms with van der Waals surface area (Å²) in [7, 11) is 1.63. The van der Waals surface area contributed by atoms with Gasteiger partial charge >= 0.3 is 4.87 Å². The number of benzene rings is 3. The van der Waals surface area contributed by atoms with Gasteiger partial charge in [0.15, 0.2) is 0 Å². The Hall–Kier alpha value is -3.29. The highest BCUT2D eigenvalue weighted by molar-refractivity contribution is 7.99. The van der Waals surface area contributed by atoms with Gasteiger partial charge in [0.1, 0.15) is 5.75 Å². The summed E-state index contributed by atoms with van der Waals surface area (Å²) in [6, 6.07) is 26.9. The standard InChI is InChI=1S/C26H22N2O3S2/c1-31-21-15-9-8-14-19(21)22-20(24(29)27-17-10-4-2-5-11-17)16-32-25-23(22)33-26(30)28(25)18-12-6-3-7-13-18/h2-15,20,22H,16H2,1H3,(H,27,29). The Morgan fingerprint density at radius 1 is 0.970 bits per heavy atom. The molecule has 1 amide bonds. The number of rotatable bonds is 5. The van der Waals surface area contributed by atoms with Crippen LogP contribution in [0.1, 0.15) is 16.4 Å². The van der Waals surface area contributed by atoms with Crippen LogP contribution in [0.5, 0.6) is 5.75 Å². The molecule has 0 fully saturated rings. The third-order valence-corrected chi connectivity index (χ3v) is 8.10. The van der Waals surface area contributed by atoms with Crippen molar-refractivity contribution in [2.45, 2.75) is 10.9 Å². The molecule has 2 atom stereocenters. The van der Waals surface area contributed by atoms with Crippen LogP contribution in [0.2, 0.25) is 0 Å². The first-order valence-electron chi connectivity index (χ1n) is 10.6. The number of fused-ring (bicyclic) bond motifs is 1. The second kappa shape index (κ2) is 9.29. The number of hydrogen-bond acceptors (Lipinski definition) is 5. The molecule has 5 nitrogen and oxygen atoms in total. The van der Waals surface area contributed by atoms with E-state index >= 15 is 0 Å². The van der Waals surface area contributed by atoms with E-state index in [1.54, 1.807) is 23.4 Å². The zero-order chi connectivity index (χ0) is 22.8. The van der Waals surface area contributed by atoms with Crippen molar-refractivity contribution in [3.8, 4) is 11.4 Å². The zero-order valence-corrected chi connectivity index (χ0v) is 19.6. The maximum atomic E-state index is 13.5. The fourth-order valence-electron chi connectivity index (χ4n) is 4.22. The number of para-hydroxylation sites is 3. The molecule has 7 heteroatoms. The maximum absolute atomic E-state index is 13.5. The van der Waals surface area contributed by atoms with Gasteiger partial charge < -0.3 is 10.1 Å². The van der Waals surface area contributed by atoms with Crippen LogP contribution in [0, 0.1) is 5.92 Å². The normalized spacial score (nSPS) is 17.2. The molecule has 1 aliphatic heterocycles. The number of carbonyl (C=O) groups excluding carboxylic acids is 1. The van der Waals surface area contributed by atoms with Crippen molar-refractivity contribution < 1.29 is 9.53 Å². The van der Waals surface area contributed by atoms with E-state index in [9.17, 15) is 9.59 Å². The van der Waals surface area contributed by atoms with Crippen LogP contribution in [-0.2, 0) is 4.79 Å². The largest absolute Gasteiger partial charge is 0.496 e. The number of anilines is 1. The Labute approximate surface area is 200 Å². The number of thiazole rings is 1. The molecule has 0 aliphatic carbocycles. The van der Waals surface area contributed by atoms with E-state index in [2.05, 4.69) is 5.32 Å². The molecular formula is C26H22N2O3S2. The fraction of sp³-hybridized carbons (Fsp3) is 0.154. The summed E-state index contributed by atoms with van der Waals surface area (Å²) < 4.78 is 7.43. The van der Waals surface area contributed by atoms with Crippen molar-refractivity contribution in [1.82, 2.24) is 4.57 Å². The molecule has 166 valence electrons. The van der Waals surface area contributed by atoms with Crippen LogP contribution in [0.4, 0.5) is 5.69 Å². The van der Waals surface area contributed by atoms with Gasteiger partial charge in [-0.15, -0.1) is 11.8 Å². The van der Waals surface area contributed by atoms with E-state index in [4.69, 9.17) is 4.74 Å². The lowest BCUT2D eigenvalue weighted by Gasteiger charge is -2.31. The van der Waals surface area contributed by atoms with E-state index in [-0.39, 0.29) is 22.6 Å². The molecular weight excluding hydrogens is 452 g/mol. The number of nitrogens with one attached hydrogen (secondary N) is 1. The first-order valence-corrected chi connectivity index (χ1v) is 12.4. The van der Waals surface area contributed by atoms with E-state index in [1.807, 2.05) is 84.9 Å². The van der Waals surface area contributed by atoms with Gasteiger partial charge in [-0.05, 0) is 30.3 Å². The lowest BCUT2D eigenvalue weighted by Crippen LogP contribution is -2.33. The number of nitrogens with zero attached hydrogens (tertiary/aromatic N) is 1. The summed E-state index contributed by atoms with van der Waals surface area (Å²) in [6.07, 6.45) is 0. The van der Waals surface area contributed by atoms with Gasteiger partial charge in [-0.25, -0.2) is 0 Å². The molecule has 33 heavy (non-hydrogen) atoms. The van der Waals surface area contributed by atoms with Gasteiger partial charge in [0.2, 0.25) is 5.91 Å². The molecule has 1 aromatic heterocycles. The van der Waals surface area contributed by atoms with Crippen molar-refractivity contribution in [3.05, 3.63) is 105 Å². The van der Waals surface area contributed by atoms with Crippen LogP contribution in [-0.4, -0.2) is 23.3 Å². The second-order valence-corrected chi connectivity index (χ2v) is 9.70. The highest BCUT2D eigenvalue weighted by Gasteiger charge is 2.40. The molecule has 5 rings (SSSR count). The Kier molecular flexibility index (Phi) is 6.07. The van der Waals surface area contributed by atoms with Crippen LogP contribution >= 0.6 is 23.1 Å². The third kappa shape index (κ3) is 4.10. The van der Waals surface area contributed by atoms with Gasteiger partial charge in [-0.1, -0.05) is 65.9 Å². The predicted molar refractivity (Wildman–Crippen MR) is 134 cm³/mol. The summed E-state index contributed by atoms with van der Waals surface area (Å²) in [5.74, 6) is 0.551. The minimum atomic E-state index is -0.360. The van der Waals surface area contributed by atoms with Crippen LogP contribution in [0.25, 0.3) is 5.69 Å². The van der Waals surface area contributed by atoms with Crippen molar-refractivity contribution in [2.75, 3.05) is 18.2 Å². The number of thioether (sulfide) groups is 1. The Morgan fingerprint density at radius 2 is 1.64 bits per heavy atom. The van der Waals surface area contributed by atoms with Crippen molar-refractivity contribution >= 4 is 34.7 Å². The summed E-state index contributed by atoms with van der Waals surface area (Å²) in [5, 5.41) is 3.96. The maximum Gasteiger partial charge on any atom is 0.312 e. The van der Waals surface area contributed by atoms with Gasteiger partial charge in [0, 0.05) is 27.8 Å². The number of aromatic nitrogens is 1. The van der Waals surface area contributed by atoms with E-state index in [0.717, 1.165) is 26.8 Å². The fourth-order valence-corrected chi connectivity index (χ4v) is 6.92. The smallest absolute Gasteiger partial charge is 0.312 e. The predicted octanol–water partition coefficient (Wildman–Crippen LogP) is 5.40. The lowest BCUT2D eigenvalue weighted by atomic mass is 9.84. The number of ether oxygens (including phenoxy) is 1. The molecule has 0 bridgehead atoms. The number of methoxy groups -OCH3 is 1. The van der Waals surface area contributed by atoms with E-state index in [1.165, 1.54) is 11.3 Å². The van der Waals surface area contributed by atoms with E-state index < -0.39 is 0 Å². The quantitative estimate of drug-likeness (QED) is 0.421. The number of hydrogen-bond donors (Lipinski definition) is 1. The summed E-state index contributed by atoms with van der Waals surface area (Å²) >= 11 is 2.77. The van der Waals surface area contributed by atoms with E-state index in [0.29, 0.717) is 11.5 Å². The molecule has 0 radical (unpaired) electrons. The Balaban J connectivity index is 1.63. The Morgan fingerprint density at radius 3 is 2.36 bits per heavy atom. The summed E-state index contributed by atoms with van der Waals surface area (Å²) in [6.45, 7) is 0. The van der Waals surface area contributed by atoms with Crippen molar-refractivity contribution in [2.24, 2.45) is 5.92 Å². The first kappa shape index (κ1) is 21.6. The average molecular weight is 475 g/mol. The monoisotopic (exact) mass is 474 g/mol. The van der Waals surface area contributed by atoms with Gasteiger partial charge in [-0.2, -0.15) is 0 Å². The average Bonchev–Trinajstić information content (AvgIpc) is 3.20. The van der Waals surface area contributed by atoms with Crippen molar-refractivity contribution in [3.63, 3.8) is 0 Å². The SMILES string of the molecule is COc1ccccc1C1c2sc(=O)n(-c3ccccc3)c2SCC1C(=O)Nc1ccccc1. The molecule has 0 saturated carbocycles. The van der Waals surface area contributed by atoms with Gasteiger partial charge in [0.05, 0.1) is 23.7 Å². The molecule has 2 unspecified atom stereocenters. The first-order chi connectivity index (χ1) is 16.2. The minimum absolute atomic E-state index is 0.0530. The topological polar surface area (TPSA) is 60.3 Å². The molecule has 1 aliphatic rings. The highest BCUT2D eigenvalue weighted by Crippen LogP contribution is 2.49. The third-order valence-electron chi connectivity index (χ3n) is 5.74. The minimum Gasteiger partial charge on any atom is -0.496 e. The lowest BCUT2D eigenvalue weighted by molar-refractivity contribution is -0.119. The molecule has 4 aromatic rings. The molecule has 0 spiro atoms. The molecule has 3 aromatic carbocycles. The molecule has 0 saturated heterocycles. The Bertz CT molecular complexity index is 1330. The van der Waals surface area contributed by atoms with Crippen LogP contribution in [0.3, 0.4) is 0 Å².